The summed E-state index contributed by atoms with van der Waals surface area (Å²) in [7, 11) is 0. The van der Waals surface area contributed by atoms with Crippen molar-refractivity contribution in [1.82, 2.24) is 0 Å². The molecule has 1 heteroatoms. The fourth-order valence-electron chi connectivity index (χ4n) is 3.54. The number of unbranched alkanes of at least 4 members (excludes halogenated alkanes) is 1. The summed E-state index contributed by atoms with van der Waals surface area (Å²) in [6.45, 7) is 4.45. The van der Waals surface area contributed by atoms with E-state index in [1.807, 2.05) is 0 Å². The topological polar surface area (TPSA) is 26.0 Å². The Hall–Kier alpha value is -1.60. The van der Waals surface area contributed by atoms with Crippen molar-refractivity contribution in [3.63, 3.8) is 0 Å². The van der Waals surface area contributed by atoms with Gasteiger partial charge in [0.1, 0.15) is 0 Å². The molecule has 2 rings (SSSR count). The lowest BCUT2D eigenvalue weighted by atomic mass is 9.73. The minimum absolute atomic E-state index is 0.0892. The molecule has 2 aromatic rings. The Kier molecular flexibility index (Phi) is 6.85. The summed E-state index contributed by atoms with van der Waals surface area (Å²) < 4.78 is 0. The monoisotopic (exact) mass is 309 g/mol. The van der Waals surface area contributed by atoms with Gasteiger partial charge < -0.3 is 5.73 Å². The van der Waals surface area contributed by atoms with Gasteiger partial charge in [0.05, 0.1) is 0 Å². The van der Waals surface area contributed by atoms with Gasteiger partial charge in [-0.25, -0.2) is 0 Å². The zero-order chi connectivity index (χ0) is 16.5. The average Bonchev–Trinajstić information content (AvgIpc) is 2.63. The van der Waals surface area contributed by atoms with Crippen LogP contribution in [-0.2, 0) is 6.42 Å². The molecule has 0 aromatic heterocycles. The summed E-state index contributed by atoms with van der Waals surface area (Å²) in [4.78, 5) is 0. The highest BCUT2D eigenvalue weighted by Crippen LogP contribution is 2.36. The first-order valence-electron chi connectivity index (χ1n) is 9.07. The average molecular weight is 309 g/mol. The SMILES string of the molecule is CCC(N)(CC)C(CCCCc1ccccc1)c1ccccc1. The van der Waals surface area contributed by atoms with Crippen LogP contribution in [0.2, 0.25) is 0 Å². The van der Waals surface area contributed by atoms with Crippen molar-refractivity contribution < 1.29 is 0 Å². The maximum atomic E-state index is 6.77. The second-order valence-corrected chi connectivity index (χ2v) is 6.63. The molecule has 0 amide bonds. The van der Waals surface area contributed by atoms with Crippen LogP contribution >= 0.6 is 0 Å². The van der Waals surface area contributed by atoms with Crippen LogP contribution < -0.4 is 5.73 Å². The van der Waals surface area contributed by atoms with Gasteiger partial charge in [0.25, 0.3) is 0 Å². The molecule has 1 nitrogen and oxygen atoms in total. The van der Waals surface area contributed by atoms with Gasteiger partial charge in [-0.15, -0.1) is 0 Å². The van der Waals surface area contributed by atoms with E-state index >= 15 is 0 Å². The van der Waals surface area contributed by atoms with E-state index in [1.165, 1.54) is 30.4 Å². The number of hydrogen-bond donors (Lipinski definition) is 1. The molecule has 1 atom stereocenters. The number of hydrogen-bond acceptors (Lipinski definition) is 1. The van der Waals surface area contributed by atoms with E-state index in [2.05, 4.69) is 74.5 Å². The number of rotatable bonds is 9. The van der Waals surface area contributed by atoms with E-state index in [0.29, 0.717) is 5.92 Å². The smallest absolute Gasteiger partial charge is 0.0218 e. The molecule has 0 saturated heterocycles. The van der Waals surface area contributed by atoms with Gasteiger partial charge in [-0.1, -0.05) is 80.9 Å². The second kappa shape index (κ2) is 8.88. The maximum absolute atomic E-state index is 6.77. The van der Waals surface area contributed by atoms with Gasteiger partial charge in [-0.3, -0.25) is 0 Å². The normalized spacial score (nSPS) is 13.0. The summed E-state index contributed by atoms with van der Waals surface area (Å²) in [5, 5.41) is 0. The second-order valence-electron chi connectivity index (χ2n) is 6.63. The fourth-order valence-corrected chi connectivity index (χ4v) is 3.54. The van der Waals surface area contributed by atoms with Crippen LogP contribution in [0.15, 0.2) is 60.7 Å². The van der Waals surface area contributed by atoms with Crippen LogP contribution in [0.5, 0.6) is 0 Å². The van der Waals surface area contributed by atoms with E-state index in [1.54, 1.807) is 0 Å². The first kappa shape index (κ1) is 17.7. The highest BCUT2D eigenvalue weighted by Gasteiger charge is 2.32. The number of aryl methyl sites for hydroxylation is 1. The summed E-state index contributed by atoms with van der Waals surface area (Å²) in [5.74, 6) is 0.453. The largest absolute Gasteiger partial charge is 0.325 e. The molecule has 2 aromatic carbocycles. The molecule has 0 radical (unpaired) electrons. The fraction of sp³-hybridized carbons (Fsp3) is 0.455. The highest BCUT2D eigenvalue weighted by molar-refractivity contribution is 5.24. The minimum Gasteiger partial charge on any atom is -0.325 e. The number of benzene rings is 2. The van der Waals surface area contributed by atoms with E-state index in [-0.39, 0.29) is 5.54 Å². The maximum Gasteiger partial charge on any atom is 0.0218 e. The third kappa shape index (κ3) is 4.94. The lowest BCUT2D eigenvalue weighted by Gasteiger charge is -2.37. The highest BCUT2D eigenvalue weighted by atomic mass is 14.8. The summed E-state index contributed by atoms with van der Waals surface area (Å²) in [5.41, 5.74) is 9.52. The number of nitrogens with two attached hydrogens (primary N) is 1. The van der Waals surface area contributed by atoms with Crippen LogP contribution in [-0.4, -0.2) is 5.54 Å². The van der Waals surface area contributed by atoms with Crippen LogP contribution in [0.3, 0.4) is 0 Å². The Morgan fingerprint density at radius 1 is 0.826 bits per heavy atom. The molecule has 2 N–H and O–H groups in total. The summed E-state index contributed by atoms with van der Waals surface area (Å²) in [6, 6.07) is 21.6. The van der Waals surface area contributed by atoms with Crippen LogP contribution in [0.1, 0.15) is 63.0 Å². The van der Waals surface area contributed by atoms with Gasteiger partial charge in [0, 0.05) is 11.5 Å². The molecule has 0 spiro atoms. The van der Waals surface area contributed by atoms with E-state index in [9.17, 15) is 0 Å². The molecule has 124 valence electrons. The van der Waals surface area contributed by atoms with Gasteiger partial charge in [0.15, 0.2) is 0 Å². The molecular weight excluding hydrogens is 278 g/mol. The quantitative estimate of drug-likeness (QED) is 0.591. The van der Waals surface area contributed by atoms with Crippen LogP contribution in [0, 0.1) is 0 Å². The molecule has 0 aliphatic carbocycles. The van der Waals surface area contributed by atoms with Crippen molar-refractivity contribution in [1.29, 1.82) is 0 Å². The Balaban J connectivity index is 1.98. The Labute approximate surface area is 141 Å². The van der Waals surface area contributed by atoms with Crippen molar-refractivity contribution in [2.75, 3.05) is 0 Å². The van der Waals surface area contributed by atoms with E-state index in [4.69, 9.17) is 5.73 Å². The first-order valence-corrected chi connectivity index (χ1v) is 9.07. The van der Waals surface area contributed by atoms with Crippen molar-refractivity contribution in [2.45, 2.75) is 63.8 Å². The molecule has 1 unspecified atom stereocenters. The minimum atomic E-state index is -0.0892. The molecule has 0 aliphatic heterocycles. The standard InChI is InChI=1S/C22H31N/c1-3-22(23,4-2)21(20-16-9-6-10-17-20)18-12-11-15-19-13-7-5-8-14-19/h5-10,13-14,16-17,21H,3-4,11-12,15,18,23H2,1-2H3. The molecule has 0 aliphatic rings. The van der Waals surface area contributed by atoms with Gasteiger partial charge in [-0.05, 0) is 43.2 Å². The van der Waals surface area contributed by atoms with Gasteiger partial charge >= 0.3 is 0 Å². The Morgan fingerprint density at radius 3 is 1.96 bits per heavy atom. The molecule has 0 saturated carbocycles. The molecule has 0 heterocycles. The van der Waals surface area contributed by atoms with Crippen LogP contribution in [0.25, 0.3) is 0 Å². The molecule has 0 bridgehead atoms. The molecule has 0 fully saturated rings. The van der Waals surface area contributed by atoms with Crippen molar-refractivity contribution in [3.05, 3.63) is 71.8 Å². The summed E-state index contributed by atoms with van der Waals surface area (Å²) >= 11 is 0. The van der Waals surface area contributed by atoms with E-state index < -0.39 is 0 Å². The lowest BCUT2D eigenvalue weighted by molar-refractivity contribution is 0.301. The third-order valence-corrected chi connectivity index (χ3v) is 5.26. The van der Waals surface area contributed by atoms with Crippen LogP contribution in [0.4, 0.5) is 0 Å². The lowest BCUT2D eigenvalue weighted by Crippen LogP contribution is -2.44. The van der Waals surface area contributed by atoms with Crippen molar-refractivity contribution >= 4 is 0 Å². The van der Waals surface area contributed by atoms with Gasteiger partial charge in [0.2, 0.25) is 0 Å². The predicted molar refractivity (Wildman–Crippen MR) is 101 cm³/mol. The molecular formula is C22H31N. The Bertz CT molecular complexity index is 543. The zero-order valence-corrected chi connectivity index (χ0v) is 14.7. The van der Waals surface area contributed by atoms with Crippen molar-refractivity contribution in [2.24, 2.45) is 5.73 Å². The van der Waals surface area contributed by atoms with E-state index in [0.717, 1.165) is 19.3 Å². The first-order chi connectivity index (χ1) is 11.2. The predicted octanol–water partition coefficient (Wildman–Crippen LogP) is 5.70. The van der Waals surface area contributed by atoms with Crippen molar-refractivity contribution in [3.8, 4) is 0 Å². The third-order valence-electron chi connectivity index (χ3n) is 5.26. The Morgan fingerprint density at radius 2 is 1.39 bits per heavy atom. The van der Waals surface area contributed by atoms with Gasteiger partial charge in [-0.2, -0.15) is 0 Å². The zero-order valence-electron chi connectivity index (χ0n) is 14.7. The summed E-state index contributed by atoms with van der Waals surface area (Å²) in [6.07, 6.45) is 6.86. The molecule has 23 heavy (non-hydrogen) atoms.